The number of aryl methyl sites for hydroxylation is 1. The molecule has 1 aliphatic carbocycles. The van der Waals surface area contributed by atoms with Crippen LogP contribution in [0.2, 0.25) is 18.1 Å². The zero-order valence-electron chi connectivity index (χ0n) is 38.6. The van der Waals surface area contributed by atoms with Crippen molar-refractivity contribution in [3.63, 3.8) is 0 Å². The molecule has 0 spiro atoms. The molecule has 0 radical (unpaired) electrons. The summed E-state index contributed by atoms with van der Waals surface area (Å²) in [6, 6.07) is 29.4. The molecule has 338 valence electrons. The van der Waals surface area contributed by atoms with Gasteiger partial charge in [-0.15, -0.1) is 5.10 Å². The van der Waals surface area contributed by atoms with Gasteiger partial charge in [0, 0.05) is 54.3 Å². The van der Waals surface area contributed by atoms with E-state index in [2.05, 4.69) is 117 Å². The van der Waals surface area contributed by atoms with Gasteiger partial charge in [-0.3, -0.25) is 9.69 Å². The number of fused-ring (bicyclic) bond motifs is 2. The molecule has 1 fully saturated rings. The number of carboxylic acid groups (broad SMARTS) is 1. The number of phenolic OH excluding ortho intramolecular Hbond substituents is 1. The van der Waals surface area contributed by atoms with Crippen molar-refractivity contribution in [2.24, 2.45) is 0 Å². The summed E-state index contributed by atoms with van der Waals surface area (Å²) < 4.78 is 8.90. The number of allylic oxidation sites excluding steroid dienone is 1. The first-order chi connectivity index (χ1) is 30.4. The number of carbonyl (C=O) groups is 1. The number of H-pyrrole nitrogens is 1. The Morgan fingerprint density at radius 2 is 1.72 bits per heavy atom. The Balaban J connectivity index is 1.02. The molecule has 13 heteroatoms. The predicted molar refractivity (Wildman–Crippen MR) is 261 cm³/mol. The maximum Gasteiger partial charge on any atom is 0.412 e. The minimum atomic E-state index is -2.23. The predicted octanol–water partition coefficient (Wildman–Crippen LogP) is 10.8. The van der Waals surface area contributed by atoms with E-state index in [1.54, 1.807) is 17.0 Å². The molecule has 12 nitrogen and oxygen atoms in total. The summed E-state index contributed by atoms with van der Waals surface area (Å²) >= 11 is 0. The Labute approximate surface area is 377 Å². The van der Waals surface area contributed by atoms with Crippen molar-refractivity contribution in [3.8, 4) is 16.9 Å². The molecule has 6 aromatic rings. The zero-order valence-corrected chi connectivity index (χ0v) is 39.6. The summed E-state index contributed by atoms with van der Waals surface area (Å²) in [5, 5.41) is 38.3. The van der Waals surface area contributed by atoms with Crippen LogP contribution in [0.4, 0.5) is 10.5 Å². The van der Waals surface area contributed by atoms with Gasteiger partial charge in [0.2, 0.25) is 5.56 Å². The molecule has 64 heavy (non-hydrogen) atoms. The quantitative estimate of drug-likeness (QED) is 0.0633. The number of aromatic amines is 1. The molecule has 2 aromatic heterocycles. The molecule has 1 amide bonds. The first kappa shape index (κ1) is 46.4. The number of aromatic hydroxyl groups is 1. The van der Waals surface area contributed by atoms with Gasteiger partial charge in [0.15, 0.2) is 8.32 Å². The second-order valence-corrected chi connectivity index (χ2v) is 24.6. The second kappa shape index (κ2) is 19.2. The van der Waals surface area contributed by atoms with E-state index in [0.717, 1.165) is 69.9 Å². The Morgan fingerprint density at radius 3 is 2.42 bits per heavy atom. The van der Waals surface area contributed by atoms with E-state index in [0.29, 0.717) is 43.3 Å². The smallest absolute Gasteiger partial charge is 0.412 e. The topological polar surface area (TPSA) is 158 Å². The Morgan fingerprint density at radius 1 is 0.969 bits per heavy atom. The monoisotopic (exact) mass is 883 g/mol. The molecular formula is C51H65N7O5Si. The lowest BCUT2D eigenvalue weighted by atomic mass is 9.88. The largest absolute Gasteiger partial charge is 0.506 e. The molecule has 0 aliphatic heterocycles. The lowest BCUT2D eigenvalue weighted by Crippen LogP contribution is -2.49. The van der Waals surface area contributed by atoms with Crippen LogP contribution in [0.25, 0.3) is 39.1 Å². The van der Waals surface area contributed by atoms with E-state index in [1.807, 2.05) is 53.2 Å². The lowest BCUT2D eigenvalue weighted by molar-refractivity contribution is 0.181. The standard InChI is InChI=1S/C51H65N7O5Si/c1-50(2,3)54-37-19-21-38(22-20-37)58(49(61)62)44-31-34(17-23-39(44)36-15-10-9-11-16-36)14-12-13-29-57-43-26-18-35(30-42(43)55-56-57)32-52-33-46(63-64(7,8)51(4,5)6)40-24-27-45(59)48-41(40)25-28-47(60)53-48/h9-12,14-18,23-28,30-31,37-38,46,52,54,59H,13,19-22,29,32-33H2,1-8H3,(H,53,60)(H,61,62)/t37-,38-,46-/m0/s1. The minimum absolute atomic E-state index is 0.0141. The van der Waals surface area contributed by atoms with E-state index in [9.17, 15) is 19.8 Å². The number of benzene rings is 4. The number of pyridine rings is 1. The summed E-state index contributed by atoms with van der Waals surface area (Å²) in [4.78, 5) is 29.6. The van der Waals surface area contributed by atoms with E-state index >= 15 is 0 Å². The fourth-order valence-electron chi connectivity index (χ4n) is 8.60. The molecule has 4 aromatic carbocycles. The highest BCUT2D eigenvalue weighted by atomic mass is 28.4. The van der Waals surface area contributed by atoms with Crippen LogP contribution < -0.4 is 21.1 Å². The number of phenols is 1. The molecular weight excluding hydrogens is 819 g/mol. The molecule has 5 N–H and O–H groups in total. The fraction of sp³-hybridized carbons (Fsp3) is 0.412. The summed E-state index contributed by atoms with van der Waals surface area (Å²) in [5.74, 6) is 0.0255. The van der Waals surface area contributed by atoms with Gasteiger partial charge in [-0.2, -0.15) is 0 Å². The zero-order chi connectivity index (χ0) is 45.8. The second-order valence-electron chi connectivity index (χ2n) is 19.8. The number of aromatic nitrogens is 4. The molecule has 1 aliphatic rings. The third-order valence-corrected chi connectivity index (χ3v) is 17.3. The van der Waals surface area contributed by atoms with Gasteiger partial charge in [0.1, 0.15) is 11.3 Å². The van der Waals surface area contributed by atoms with Crippen molar-refractivity contribution in [2.75, 3.05) is 11.4 Å². The van der Waals surface area contributed by atoms with E-state index in [1.165, 1.54) is 6.07 Å². The summed E-state index contributed by atoms with van der Waals surface area (Å²) in [5.41, 5.74) is 7.41. The Kier molecular flexibility index (Phi) is 13.9. The molecule has 0 unspecified atom stereocenters. The maximum atomic E-state index is 13.0. The average molecular weight is 884 g/mol. The number of hydrogen-bond donors (Lipinski definition) is 5. The van der Waals surface area contributed by atoms with Crippen LogP contribution in [0.3, 0.4) is 0 Å². The highest BCUT2D eigenvalue weighted by molar-refractivity contribution is 6.74. The number of hydrogen-bond acceptors (Lipinski definition) is 8. The third-order valence-electron chi connectivity index (χ3n) is 12.8. The highest BCUT2D eigenvalue weighted by Crippen LogP contribution is 2.41. The molecule has 1 atom stereocenters. The summed E-state index contributed by atoms with van der Waals surface area (Å²) in [6.07, 6.45) is 7.10. The number of rotatable bonds is 15. The maximum absolute atomic E-state index is 13.0. The number of nitrogens with zero attached hydrogens (tertiary/aromatic N) is 4. The lowest BCUT2D eigenvalue weighted by Gasteiger charge is -2.39. The van der Waals surface area contributed by atoms with Crippen LogP contribution in [0.5, 0.6) is 5.75 Å². The van der Waals surface area contributed by atoms with Crippen LogP contribution in [-0.2, 0) is 17.5 Å². The average Bonchev–Trinajstić information content (AvgIpc) is 3.64. The highest BCUT2D eigenvalue weighted by Gasteiger charge is 2.40. The molecule has 0 bridgehead atoms. The Bertz CT molecular complexity index is 2650. The van der Waals surface area contributed by atoms with Crippen LogP contribution in [0.15, 0.2) is 102 Å². The van der Waals surface area contributed by atoms with Crippen LogP contribution in [0.1, 0.15) is 96.4 Å². The van der Waals surface area contributed by atoms with E-state index in [-0.39, 0.29) is 34.0 Å². The fourth-order valence-corrected chi connectivity index (χ4v) is 9.88. The SMILES string of the molecule is CC(C)(C)N[C@H]1CC[C@H](N(C(=O)O)c2cc(C=CCCn3nnc4cc(CNC[C@H](O[Si](C)(C)C(C)(C)C)c5ccc(O)c6[nH]c(=O)ccc56)ccc43)ccc2-c2ccccc2)CC1. The number of anilines is 1. The van der Waals surface area contributed by atoms with E-state index in [4.69, 9.17) is 4.43 Å². The number of nitrogens with one attached hydrogen (secondary N) is 3. The third kappa shape index (κ3) is 11.0. The van der Waals surface area contributed by atoms with Crippen LogP contribution in [-0.4, -0.2) is 68.8 Å². The Hall–Kier alpha value is -5.60. The molecule has 0 saturated heterocycles. The van der Waals surface area contributed by atoms with Crippen molar-refractivity contribution in [2.45, 2.75) is 129 Å². The van der Waals surface area contributed by atoms with Crippen LogP contribution in [0, 0.1) is 0 Å². The van der Waals surface area contributed by atoms with Gasteiger partial charge < -0.3 is 30.3 Å². The van der Waals surface area contributed by atoms with Crippen molar-refractivity contribution >= 4 is 48.1 Å². The van der Waals surface area contributed by atoms with E-state index < -0.39 is 14.4 Å². The van der Waals surface area contributed by atoms with Gasteiger partial charge >= 0.3 is 6.09 Å². The van der Waals surface area contributed by atoms with Crippen molar-refractivity contribution < 1.29 is 19.4 Å². The summed E-state index contributed by atoms with van der Waals surface area (Å²) in [7, 11) is -2.23. The molecule has 7 rings (SSSR count). The normalized spacial score (nSPS) is 16.8. The number of amides is 1. The van der Waals surface area contributed by atoms with Gasteiger partial charge in [0.05, 0.1) is 22.8 Å². The van der Waals surface area contributed by atoms with Crippen molar-refractivity contribution in [1.82, 2.24) is 30.6 Å². The minimum Gasteiger partial charge on any atom is -0.506 e. The van der Waals surface area contributed by atoms with Gasteiger partial charge in [-0.1, -0.05) is 92.7 Å². The van der Waals surface area contributed by atoms with Crippen LogP contribution >= 0.6 is 0 Å². The first-order valence-corrected chi connectivity index (χ1v) is 25.5. The van der Waals surface area contributed by atoms with Crippen molar-refractivity contribution in [3.05, 3.63) is 124 Å². The molecule has 2 heterocycles. The van der Waals surface area contributed by atoms with Gasteiger partial charge in [-0.25, -0.2) is 9.48 Å². The molecule has 1 saturated carbocycles. The first-order valence-electron chi connectivity index (χ1n) is 22.6. The summed E-state index contributed by atoms with van der Waals surface area (Å²) in [6.45, 7) is 19.4. The van der Waals surface area contributed by atoms with Crippen molar-refractivity contribution in [1.29, 1.82) is 0 Å². The van der Waals surface area contributed by atoms with Gasteiger partial charge in [-0.05, 0) is 124 Å². The van der Waals surface area contributed by atoms with Gasteiger partial charge in [0.25, 0.3) is 0 Å².